The van der Waals surface area contributed by atoms with E-state index in [2.05, 4.69) is 38.4 Å². The second-order valence-corrected chi connectivity index (χ2v) is 8.44. The highest BCUT2D eigenvalue weighted by molar-refractivity contribution is 5.90. The summed E-state index contributed by atoms with van der Waals surface area (Å²) in [7, 11) is 0. The highest BCUT2D eigenvalue weighted by Crippen LogP contribution is 2.36. The van der Waals surface area contributed by atoms with Crippen LogP contribution >= 0.6 is 0 Å². The predicted octanol–water partition coefficient (Wildman–Crippen LogP) is 2.01. The number of nitrogens with zero attached hydrogens (tertiary/aromatic N) is 5. The first kappa shape index (κ1) is 20.0. The van der Waals surface area contributed by atoms with Crippen molar-refractivity contribution in [2.75, 3.05) is 19.7 Å². The van der Waals surface area contributed by atoms with Gasteiger partial charge in [0.2, 0.25) is 5.82 Å². The molecule has 8 nitrogen and oxygen atoms in total. The van der Waals surface area contributed by atoms with Crippen molar-refractivity contribution in [3.8, 4) is 0 Å². The summed E-state index contributed by atoms with van der Waals surface area (Å²) in [6.07, 6.45) is 6.68. The molecule has 156 valence electrons. The lowest BCUT2D eigenvalue weighted by atomic mass is 9.78. The first-order chi connectivity index (χ1) is 14.1. The zero-order valence-corrected chi connectivity index (χ0v) is 17.3. The van der Waals surface area contributed by atoms with E-state index in [0.29, 0.717) is 19.0 Å². The average molecular weight is 399 g/mol. The number of ether oxygens (including phenoxy) is 1. The Bertz CT molecular complexity index is 829. The smallest absolute Gasteiger partial charge is 0.289 e. The number of hydrogen-bond acceptors (Lipinski definition) is 6. The molecule has 1 amide bonds. The largest absolute Gasteiger partial charge is 0.373 e. The molecule has 1 N–H and O–H groups in total. The summed E-state index contributed by atoms with van der Waals surface area (Å²) < 4.78 is 7.97. The fourth-order valence-electron chi connectivity index (χ4n) is 4.14. The van der Waals surface area contributed by atoms with Crippen LogP contribution in [0.15, 0.2) is 24.5 Å². The van der Waals surface area contributed by atoms with Crippen molar-refractivity contribution in [2.24, 2.45) is 5.41 Å². The molecule has 1 spiro atoms. The molecule has 0 aliphatic carbocycles. The second-order valence-electron chi connectivity index (χ2n) is 8.44. The summed E-state index contributed by atoms with van der Waals surface area (Å²) in [5.41, 5.74) is 1.26. The van der Waals surface area contributed by atoms with Gasteiger partial charge in [-0.3, -0.25) is 14.7 Å². The number of carbonyl (C=O) groups excluding carboxylic acids is 1. The van der Waals surface area contributed by atoms with Gasteiger partial charge in [-0.25, -0.2) is 0 Å². The number of rotatable bonds is 5. The van der Waals surface area contributed by atoms with Crippen molar-refractivity contribution in [3.63, 3.8) is 0 Å². The van der Waals surface area contributed by atoms with Crippen molar-refractivity contribution < 1.29 is 9.53 Å². The summed E-state index contributed by atoms with van der Waals surface area (Å²) in [6.45, 7) is 8.82. The fourth-order valence-corrected chi connectivity index (χ4v) is 4.14. The number of hydrogen-bond donors (Lipinski definition) is 1. The molecule has 0 saturated carbocycles. The molecule has 4 rings (SSSR count). The third-order valence-corrected chi connectivity index (χ3v) is 6.20. The van der Waals surface area contributed by atoms with Crippen molar-refractivity contribution in [2.45, 2.75) is 58.8 Å². The zero-order chi connectivity index (χ0) is 20.3. The fraction of sp³-hybridized carbons (Fsp3) is 0.619. The Hall–Kier alpha value is -2.32. The van der Waals surface area contributed by atoms with Crippen molar-refractivity contribution in [3.05, 3.63) is 41.7 Å². The Labute approximate surface area is 171 Å². The lowest BCUT2D eigenvalue weighted by molar-refractivity contribution is -0.00571. The van der Waals surface area contributed by atoms with Crippen LogP contribution in [0.5, 0.6) is 0 Å². The van der Waals surface area contributed by atoms with Gasteiger partial charge in [0.1, 0.15) is 6.61 Å². The van der Waals surface area contributed by atoms with E-state index in [1.165, 1.54) is 5.56 Å². The Morgan fingerprint density at radius 2 is 2.17 bits per heavy atom. The van der Waals surface area contributed by atoms with Gasteiger partial charge in [0, 0.05) is 36.9 Å². The predicted molar refractivity (Wildman–Crippen MR) is 108 cm³/mol. The number of likely N-dealkylation sites (tertiary alicyclic amines) is 1. The standard InChI is InChI=1S/C21H30N6O2/c1-3-16(2)23-20(28)19-25-24-18-13-29-15-21(14-27(18)19)6-9-26(10-7-21)12-17-5-4-8-22-11-17/h4-5,8,11,16H,3,6-7,9-10,12-15H2,1-2H3,(H,23,28)/t16-/m1/s1. The van der Waals surface area contributed by atoms with Gasteiger partial charge in [-0.05, 0) is 50.9 Å². The van der Waals surface area contributed by atoms with Gasteiger partial charge in [-0.2, -0.15) is 0 Å². The van der Waals surface area contributed by atoms with Gasteiger partial charge < -0.3 is 14.6 Å². The SMILES string of the molecule is CC[C@@H](C)NC(=O)c1nnc2n1CC1(CCN(Cc3cccnc3)CC1)COC2. The van der Waals surface area contributed by atoms with Crippen LogP contribution in [0.2, 0.25) is 0 Å². The van der Waals surface area contributed by atoms with Crippen molar-refractivity contribution in [1.82, 2.24) is 30.0 Å². The maximum atomic E-state index is 12.7. The van der Waals surface area contributed by atoms with E-state index in [1.54, 1.807) is 0 Å². The van der Waals surface area contributed by atoms with Gasteiger partial charge in [0.05, 0.1) is 6.61 Å². The minimum absolute atomic E-state index is 0.0183. The molecule has 1 fully saturated rings. The van der Waals surface area contributed by atoms with Gasteiger partial charge in [0.25, 0.3) is 5.91 Å². The second kappa shape index (κ2) is 8.59. The van der Waals surface area contributed by atoms with Crippen LogP contribution in [0.4, 0.5) is 0 Å². The number of piperidine rings is 1. The van der Waals surface area contributed by atoms with Crippen molar-refractivity contribution in [1.29, 1.82) is 0 Å². The minimum atomic E-state index is -0.149. The number of fused-ring (bicyclic) bond motifs is 1. The molecule has 1 atom stereocenters. The highest BCUT2D eigenvalue weighted by Gasteiger charge is 2.39. The molecule has 2 aromatic rings. The van der Waals surface area contributed by atoms with Crippen LogP contribution in [-0.2, 0) is 24.4 Å². The molecule has 0 bridgehead atoms. The average Bonchev–Trinajstić information content (AvgIpc) is 3.04. The number of carbonyl (C=O) groups is 1. The molecular weight excluding hydrogens is 368 g/mol. The number of nitrogens with one attached hydrogen (secondary N) is 1. The Morgan fingerprint density at radius 1 is 1.34 bits per heavy atom. The molecule has 4 heterocycles. The highest BCUT2D eigenvalue weighted by atomic mass is 16.5. The van der Waals surface area contributed by atoms with Crippen LogP contribution in [0.25, 0.3) is 0 Å². The monoisotopic (exact) mass is 398 g/mol. The van der Waals surface area contributed by atoms with Gasteiger partial charge in [0.15, 0.2) is 5.82 Å². The first-order valence-corrected chi connectivity index (χ1v) is 10.5. The lowest BCUT2D eigenvalue weighted by Gasteiger charge is -2.41. The molecule has 0 unspecified atom stereocenters. The van der Waals surface area contributed by atoms with Gasteiger partial charge in [-0.15, -0.1) is 10.2 Å². The molecule has 2 aliphatic rings. The summed E-state index contributed by atoms with van der Waals surface area (Å²) in [5, 5.41) is 11.4. The minimum Gasteiger partial charge on any atom is -0.373 e. The van der Waals surface area contributed by atoms with E-state index < -0.39 is 0 Å². The number of amides is 1. The van der Waals surface area contributed by atoms with E-state index in [0.717, 1.165) is 51.3 Å². The van der Waals surface area contributed by atoms with E-state index >= 15 is 0 Å². The van der Waals surface area contributed by atoms with Crippen LogP contribution < -0.4 is 5.32 Å². The van der Waals surface area contributed by atoms with E-state index in [-0.39, 0.29) is 17.4 Å². The van der Waals surface area contributed by atoms with E-state index in [9.17, 15) is 4.79 Å². The van der Waals surface area contributed by atoms with Crippen molar-refractivity contribution >= 4 is 5.91 Å². The molecule has 1 saturated heterocycles. The molecule has 2 aliphatic heterocycles. The molecule has 0 radical (unpaired) electrons. The van der Waals surface area contributed by atoms with Gasteiger partial charge in [-0.1, -0.05) is 13.0 Å². The van der Waals surface area contributed by atoms with E-state index in [4.69, 9.17) is 4.74 Å². The van der Waals surface area contributed by atoms with Crippen LogP contribution in [0, 0.1) is 5.41 Å². The topological polar surface area (TPSA) is 85.2 Å². The maximum absolute atomic E-state index is 12.7. The quantitative estimate of drug-likeness (QED) is 0.829. The molecule has 29 heavy (non-hydrogen) atoms. The lowest BCUT2D eigenvalue weighted by Crippen LogP contribution is -2.44. The van der Waals surface area contributed by atoms with Gasteiger partial charge >= 0.3 is 0 Å². The third-order valence-electron chi connectivity index (χ3n) is 6.20. The van der Waals surface area contributed by atoms with E-state index in [1.807, 2.05) is 30.0 Å². The molecular formula is C21H30N6O2. The number of pyridine rings is 1. The molecule has 2 aromatic heterocycles. The summed E-state index contributed by atoms with van der Waals surface area (Å²) >= 11 is 0. The van der Waals surface area contributed by atoms with Crippen LogP contribution in [-0.4, -0.2) is 56.3 Å². The summed E-state index contributed by atoms with van der Waals surface area (Å²) in [4.78, 5) is 19.4. The third kappa shape index (κ3) is 4.48. The van der Waals surface area contributed by atoms with Crippen LogP contribution in [0.1, 0.15) is 55.1 Å². The summed E-state index contributed by atoms with van der Waals surface area (Å²) in [5.74, 6) is 1.00. The summed E-state index contributed by atoms with van der Waals surface area (Å²) in [6, 6.07) is 4.22. The normalized spacial score (nSPS) is 20.1. The Morgan fingerprint density at radius 3 is 2.90 bits per heavy atom. The Balaban J connectivity index is 1.45. The number of aromatic nitrogens is 4. The zero-order valence-electron chi connectivity index (χ0n) is 17.3. The Kier molecular flexibility index (Phi) is 5.91. The maximum Gasteiger partial charge on any atom is 0.289 e. The molecule has 0 aromatic carbocycles. The first-order valence-electron chi connectivity index (χ1n) is 10.5. The van der Waals surface area contributed by atoms with Crippen LogP contribution in [0.3, 0.4) is 0 Å². The molecule has 8 heteroatoms.